The number of nitrogens with one attached hydrogen (secondary N) is 1. The summed E-state index contributed by atoms with van der Waals surface area (Å²) >= 11 is 0. The minimum absolute atomic E-state index is 0.0298. The van der Waals surface area contributed by atoms with E-state index in [0.29, 0.717) is 6.54 Å². The van der Waals surface area contributed by atoms with Gasteiger partial charge in [-0.1, -0.05) is 0 Å². The van der Waals surface area contributed by atoms with Gasteiger partial charge in [-0.2, -0.15) is 0 Å². The molecule has 5 nitrogen and oxygen atoms in total. The van der Waals surface area contributed by atoms with E-state index < -0.39 is 0 Å². The lowest BCUT2D eigenvalue weighted by Crippen LogP contribution is -2.54. The van der Waals surface area contributed by atoms with Gasteiger partial charge in [-0.05, 0) is 32.9 Å². The molecule has 0 aromatic carbocycles. The van der Waals surface area contributed by atoms with Crippen LogP contribution in [0.5, 0.6) is 0 Å². The molecule has 0 unspecified atom stereocenters. The van der Waals surface area contributed by atoms with Crippen molar-refractivity contribution in [2.24, 2.45) is 0 Å². The summed E-state index contributed by atoms with van der Waals surface area (Å²) in [7, 11) is 0. The van der Waals surface area contributed by atoms with E-state index in [-0.39, 0.29) is 11.4 Å². The highest BCUT2D eigenvalue weighted by molar-refractivity contribution is 5.92. The van der Waals surface area contributed by atoms with Crippen molar-refractivity contribution >= 4 is 11.6 Å². The Morgan fingerprint density at radius 2 is 2.00 bits per heavy atom. The average molecular weight is 276 g/mol. The first-order chi connectivity index (χ1) is 9.45. The summed E-state index contributed by atoms with van der Waals surface area (Å²) < 4.78 is 0. The van der Waals surface area contributed by atoms with Gasteiger partial charge in [0.2, 0.25) is 5.91 Å². The maximum Gasteiger partial charge on any atom is 0.238 e. The molecule has 1 aromatic rings. The zero-order valence-corrected chi connectivity index (χ0v) is 12.6. The number of piperazine rings is 1. The molecule has 1 N–H and O–H groups in total. The van der Waals surface area contributed by atoms with Gasteiger partial charge in [0.15, 0.2) is 0 Å². The SMILES string of the molecule is CC(C)(C)N1CCN(CC(=O)Nc2cccnc2)CC1. The minimum atomic E-state index is 0.0298. The molecular weight excluding hydrogens is 252 g/mol. The molecule has 1 aliphatic rings. The Kier molecular flexibility index (Phi) is 4.73. The van der Waals surface area contributed by atoms with Gasteiger partial charge in [-0.25, -0.2) is 0 Å². The van der Waals surface area contributed by atoms with E-state index in [4.69, 9.17) is 0 Å². The molecule has 1 amide bonds. The summed E-state index contributed by atoms with van der Waals surface area (Å²) in [6.07, 6.45) is 3.36. The summed E-state index contributed by atoms with van der Waals surface area (Å²) in [4.78, 5) is 20.6. The Hall–Kier alpha value is -1.46. The molecule has 2 heterocycles. The fraction of sp³-hybridized carbons (Fsp3) is 0.600. The second-order valence-electron chi connectivity index (χ2n) is 6.22. The van der Waals surface area contributed by atoms with Gasteiger partial charge < -0.3 is 5.32 Å². The highest BCUT2D eigenvalue weighted by Gasteiger charge is 2.26. The molecule has 0 radical (unpaired) electrons. The Balaban J connectivity index is 1.77. The number of anilines is 1. The summed E-state index contributed by atoms with van der Waals surface area (Å²) in [5.41, 5.74) is 0.968. The number of pyridine rings is 1. The van der Waals surface area contributed by atoms with E-state index in [2.05, 4.69) is 40.9 Å². The van der Waals surface area contributed by atoms with Gasteiger partial charge in [0.1, 0.15) is 0 Å². The van der Waals surface area contributed by atoms with Crippen molar-refractivity contribution in [3.63, 3.8) is 0 Å². The monoisotopic (exact) mass is 276 g/mol. The summed E-state index contributed by atoms with van der Waals surface area (Å²) in [6, 6.07) is 3.67. The number of nitrogens with zero attached hydrogens (tertiary/aromatic N) is 3. The molecule has 110 valence electrons. The molecule has 0 bridgehead atoms. The third kappa shape index (κ3) is 4.28. The summed E-state index contributed by atoms with van der Waals surface area (Å²) in [5.74, 6) is 0.0298. The number of hydrogen-bond donors (Lipinski definition) is 1. The van der Waals surface area contributed by atoms with Gasteiger partial charge in [0.05, 0.1) is 18.4 Å². The van der Waals surface area contributed by atoms with Crippen LogP contribution in [0.2, 0.25) is 0 Å². The quantitative estimate of drug-likeness (QED) is 0.907. The largest absolute Gasteiger partial charge is 0.324 e. The lowest BCUT2D eigenvalue weighted by Gasteiger charge is -2.42. The van der Waals surface area contributed by atoms with E-state index in [0.717, 1.165) is 31.9 Å². The molecule has 1 aromatic heterocycles. The number of aromatic nitrogens is 1. The van der Waals surface area contributed by atoms with Crippen molar-refractivity contribution in [3.05, 3.63) is 24.5 Å². The van der Waals surface area contributed by atoms with Gasteiger partial charge in [0.25, 0.3) is 0 Å². The minimum Gasteiger partial charge on any atom is -0.324 e. The zero-order chi connectivity index (χ0) is 14.6. The molecule has 5 heteroatoms. The second-order valence-corrected chi connectivity index (χ2v) is 6.22. The third-order valence-electron chi connectivity index (χ3n) is 3.63. The van der Waals surface area contributed by atoms with Crippen molar-refractivity contribution in [2.45, 2.75) is 26.3 Å². The molecule has 0 atom stereocenters. The Morgan fingerprint density at radius 1 is 1.30 bits per heavy atom. The third-order valence-corrected chi connectivity index (χ3v) is 3.63. The van der Waals surface area contributed by atoms with Crippen LogP contribution >= 0.6 is 0 Å². The standard InChI is InChI=1S/C15H24N4O/c1-15(2,3)19-9-7-18(8-10-19)12-14(20)17-13-5-4-6-16-11-13/h4-6,11H,7-10,12H2,1-3H3,(H,17,20). The molecule has 1 aliphatic heterocycles. The fourth-order valence-electron chi connectivity index (χ4n) is 2.42. The predicted octanol–water partition coefficient (Wildman–Crippen LogP) is 1.44. The summed E-state index contributed by atoms with van der Waals surface area (Å²) in [5, 5.41) is 2.87. The number of amides is 1. The number of rotatable bonds is 3. The summed E-state index contributed by atoms with van der Waals surface area (Å²) in [6.45, 7) is 11.1. The molecule has 0 saturated carbocycles. The highest BCUT2D eigenvalue weighted by atomic mass is 16.2. The molecule has 0 spiro atoms. The Labute approximate surface area is 121 Å². The van der Waals surface area contributed by atoms with Crippen molar-refractivity contribution in [2.75, 3.05) is 38.0 Å². The maximum absolute atomic E-state index is 12.0. The second kappa shape index (κ2) is 6.33. The molecule has 2 rings (SSSR count). The van der Waals surface area contributed by atoms with E-state index in [9.17, 15) is 4.79 Å². The van der Waals surface area contributed by atoms with Crippen LogP contribution in [0.1, 0.15) is 20.8 Å². The Morgan fingerprint density at radius 3 is 2.55 bits per heavy atom. The van der Waals surface area contributed by atoms with Gasteiger partial charge in [0, 0.05) is 37.9 Å². The van der Waals surface area contributed by atoms with E-state index in [1.165, 1.54) is 0 Å². The van der Waals surface area contributed by atoms with E-state index in [1.807, 2.05) is 12.1 Å². The molecular formula is C15H24N4O. The smallest absolute Gasteiger partial charge is 0.238 e. The van der Waals surface area contributed by atoms with Crippen LogP contribution in [0.15, 0.2) is 24.5 Å². The normalized spacial score (nSPS) is 17.9. The first kappa shape index (κ1) is 14.9. The first-order valence-electron chi connectivity index (χ1n) is 7.12. The van der Waals surface area contributed by atoms with Crippen molar-refractivity contribution < 1.29 is 4.79 Å². The average Bonchev–Trinajstić information content (AvgIpc) is 2.39. The van der Waals surface area contributed by atoms with Gasteiger partial charge in [-0.15, -0.1) is 0 Å². The lowest BCUT2D eigenvalue weighted by molar-refractivity contribution is -0.117. The van der Waals surface area contributed by atoms with Gasteiger partial charge >= 0.3 is 0 Å². The van der Waals surface area contributed by atoms with Crippen LogP contribution in [0.3, 0.4) is 0 Å². The lowest BCUT2D eigenvalue weighted by atomic mass is 10.1. The maximum atomic E-state index is 12.0. The van der Waals surface area contributed by atoms with Crippen molar-refractivity contribution in [3.8, 4) is 0 Å². The van der Waals surface area contributed by atoms with E-state index in [1.54, 1.807) is 12.4 Å². The number of carbonyl (C=O) groups is 1. The van der Waals surface area contributed by atoms with Gasteiger partial charge in [-0.3, -0.25) is 19.6 Å². The molecule has 0 aliphatic carbocycles. The van der Waals surface area contributed by atoms with Crippen molar-refractivity contribution in [1.82, 2.24) is 14.8 Å². The van der Waals surface area contributed by atoms with Crippen molar-refractivity contribution in [1.29, 1.82) is 0 Å². The molecule has 1 saturated heterocycles. The van der Waals surface area contributed by atoms with Crippen LogP contribution in [-0.2, 0) is 4.79 Å². The highest BCUT2D eigenvalue weighted by Crippen LogP contribution is 2.15. The zero-order valence-electron chi connectivity index (χ0n) is 12.6. The fourth-order valence-corrected chi connectivity index (χ4v) is 2.42. The molecule has 20 heavy (non-hydrogen) atoms. The van der Waals surface area contributed by atoms with Crippen LogP contribution in [0.25, 0.3) is 0 Å². The van der Waals surface area contributed by atoms with Crippen LogP contribution < -0.4 is 5.32 Å². The van der Waals surface area contributed by atoms with Crippen LogP contribution in [-0.4, -0.2) is 59.0 Å². The number of hydrogen-bond acceptors (Lipinski definition) is 4. The Bertz CT molecular complexity index is 433. The first-order valence-corrected chi connectivity index (χ1v) is 7.12. The van der Waals surface area contributed by atoms with E-state index >= 15 is 0 Å². The predicted molar refractivity (Wildman–Crippen MR) is 80.6 cm³/mol. The van der Waals surface area contributed by atoms with Crippen LogP contribution in [0.4, 0.5) is 5.69 Å². The topological polar surface area (TPSA) is 48.5 Å². The number of carbonyl (C=O) groups excluding carboxylic acids is 1. The molecule has 1 fully saturated rings. The van der Waals surface area contributed by atoms with Crippen LogP contribution in [0, 0.1) is 0 Å².